The van der Waals surface area contributed by atoms with E-state index in [1.54, 1.807) is 11.3 Å². The summed E-state index contributed by atoms with van der Waals surface area (Å²) < 4.78 is 9.18. The van der Waals surface area contributed by atoms with E-state index in [1.165, 1.54) is 4.88 Å². The van der Waals surface area contributed by atoms with Gasteiger partial charge in [0.15, 0.2) is 4.77 Å². The molecule has 1 aromatic carbocycles. The summed E-state index contributed by atoms with van der Waals surface area (Å²) in [5, 5.41) is 0. The van der Waals surface area contributed by atoms with Gasteiger partial charge < -0.3 is 14.3 Å². The average Bonchev–Trinajstić information content (AvgIpc) is 2.97. The van der Waals surface area contributed by atoms with E-state index in [4.69, 9.17) is 28.6 Å². The van der Waals surface area contributed by atoms with Gasteiger partial charge in [0.2, 0.25) is 0 Å². The van der Waals surface area contributed by atoms with E-state index in [-0.39, 0.29) is 0 Å². The van der Waals surface area contributed by atoms with Crippen molar-refractivity contribution in [3.05, 3.63) is 44.3 Å². The second-order valence-corrected chi connectivity index (χ2v) is 6.49. The number of hydrogen-bond donors (Lipinski definition) is 1. The van der Waals surface area contributed by atoms with Crippen LogP contribution in [-0.2, 0) is 6.54 Å². The van der Waals surface area contributed by atoms with Crippen LogP contribution in [0.4, 0.5) is 0 Å². The molecule has 0 aliphatic carbocycles. The summed E-state index contributed by atoms with van der Waals surface area (Å²) in [6, 6.07) is 9.91. The van der Waals surface area contributed by atoms with E-state index in [2.05, 4.69) is 9.55 Å². The molecule has 1 N–H and O–H groups in total. The number of halogens is 1. The lowest BCUT2D eigenvalue weighted by Crippen LogP contribution is -1.97. The first kappa shape index (κ1) is 13.7. The number of hydrogen-bond acceptors (Lipinski definition) is 3. The molecule has 6 heteroatoms. The van der Waals surface area contributed by atoms with Gasteiger partial charge in [-0.05, 0) is 43.4 Å². The van der Waals surface area contributed by atoms with Crippen LogP contribution >= 0.6 is 35.2 Å². The zero-order valence-corrected chi connectivity index (χ0v) is 13.2. The first-order valence-electron chi connectivity index (χ1n) is 6.27. The molecule has 3 nitrogen and oxygen atoms in total. The third-order valence-corrected chi connectivity index (χ3v) is 4.55. The number of rotatable bonds is 4. The van der Waals surface area contributed by atoms with E-state index in [9.17, 15) is 0 Å². The quantitative estimate of drug-likeness (QED) is 0.694. The summed E-state index contributed by atoms with van der Waals surface area (Å²) in [5.74, 6) is 0.832. The van der Waals surface area contributed by atoms with Crippen molar-refractivity contribution >= 4 is 46.2 Å². The molecule has 104 valence electrons. The Hall–Kier alpha value is -1.30. The molecule has 0 aliphatic rings. The van der Waals surface area contributed by atoms with Crippen LogP contribution in [0, 0.1) is 4.77 Å². The predicted molar refractivity (Wildman–Crippen MR) is 86.7 cm³/mol. The molecular formula is C14H13ClN2OS2. The zero-order valence-electron chi connectivity index (χ0n) is 10.9. The molecule has 0 saturated heterocycles. The topological polar surface area (TPSA) is 29.9 Å². The molecule has 0 saturated carbocycles. The SMILES string of the molecule is CCOc1cccc2c1[nH]c(=S)n2Cc1ccc(Cl)s1. The number of aromatic amines is 1. The van der Waals surface area contributed by atoms with Gasteiger partial charge in [-0.15, -0.1) is 11.3 Å². The number of aromatic nitrogens is 2. The number of nitrogens with one attached hydrogen (secondary N) is 1. The Morgan fingerprint density at radius 2 is 2.20 bits per heavy atom. The van der Waals surface area contributed by atoms with Crippen molar-refractivity contribution in [1.29, 1.82) is 0 Å². The number of thiophene rings is 1. The second-order valence-electron chi connectivity index (χ2n) is 4.31. The first-order valence-corrected chi connectivity index (χ1v) is 7.88. The summed E-state index contributed by atoms with van der Waals surface area (Å²) in [4.78, 5) is 4.41. The molecule has 0 aliphatic heterocycles. The summed E-state index contributed by atoms with van der Waals surface area (Å²) in [5.41, 5.74) is 1.99. The Bertz CT molecular complexity index is 803. The van der Waals surface area contributed by atoms with Crippen molar-refractivity contribution in [2.75, 3.05) is 6.61 Å². The normalized spacial score (nSPS) is 11.1. The van der Waals surface area contributed by atoms with Crippen LogP contribution in [0.2, 0.25) is 4.34 Å². The Kier molecular flexibility index (Phi) is 3.83. The van der Waals surface area contributed by atoms with Gasteiger partial charge >= 0.3 is 0 Å². The third kappa shape index (κ3) is 2.49. The third-order valence-electron chi connectivity index (χ3n) is 3.01. The molecule has 0 amide bonds. The summed E-state index contributed by atoms with van der Waals surface area (Å²) in [6.07, 6.45) is 0. The molecule has 0 fully saturated rings. The van der Waals surface area contributed by atoms with E-state index in [0.717, 1.165) is 21.1 Å². The minimum Gasteiger partial charge on any atom is -0.492 e. The maximum absolute atomic E-state index is 5.98. The molecule has 2 aromatic heterocycles. The summed E-state index contributed by atoms with van der Waals surface area (Å²) in [6.45, 7) is 3.31. The summed E-state index contributed by atoms with van der Waals surface area (Å²) >= 11 is 13.0. The fraction of sp³-hybridized carbons (Fsp3) is 0.214. The smallest absolute Gasteiger partial charge is 0.178 e. The fourth-order valence-corrected chi connectivity index (χ4v) is 3.52. The number of nitrogens with zero attached hydrogens (tertiary/aromatic N) is 1. The largest absolute Gasteiger partial charge is 0.492 e. The lowest BCUT2D eigenvalue weighted by Gasteiger charge is -2.05. The minimum absolute atomic E-state index is 0.630. The Balaban J connectivity index is 2.09. The molecule has 0 radical (unpaired) electrons. The molecular weight excluding hydrogens is 312 g/mol. The lowest BCUT2D eigenvalue weighted by atomic mass is 10.3. The van der Waals surface area contributed by atoms with Crippen molar-refractivity contribution in [3.63, 3.8) is 0 Å². The van der Waals surface area contributed by atoms with Crippen LogP contribution in [0.5, 0.6) is 5.75 Å². The molecule has 2 heterocycles. The fourth-order valence-electron chi connectivity index (χ4n) is 2.18. The van der Waals surface area contributed by atoms with Gasteiger partial charge in [0.05, 0.1) is 23.0 Å². The number of fused-ring (bicyclic) bond motifs is 1. The van der Waals surface area contributed by atoms with Gasteiger partial charge in [0.1, 0.15) is 11.3 Å². The van der Waals surface area contributed by atoms with E-state index >= 15 is 0 Å². The highest BCUT2D eigenvalue weighted by atomic mass is 35.5. The lowest BCUT2D eigenvalue weighted by molar-refractivity contribution is 0.343. The number of H-pyrrole nitrogens is 1. The van der Waals surface area contributed by atoms with Gasteiger partial charge in [-0.2, -0.15) is 0 Å². The maximum atomic E-state index is 5.98. The van der Waals surface area contributed by atoms with Crippen LogP contribution in [0.1, 0.15) is 11.8 Å². The molecule has 20 heavy (non-hydrogen) atoms. The molecule has 0 spiro atoms. The van der Waals surface area contributed by atoms with Crippen LogP contribution in [0.15, 0.2) is 30.3 Å². The highest BCUT2D eigenvalue weighted by Gasteiger charge is 2.10. The zero-order chi connectivity index (χ0) is 14.1. The van der Waals surface area contributed by atoms with Crippen LogP contribution in [0.25, 0.3) is 11.0 Å². The van der Waals surface area contributed by atoms with Crippen LogP contribution in [0.3, 0.4) is 0 Å². The van der Waals surface area contributed by atoms with Crippen molar-refractivity contribution in [2.45, 2.75) is 13.5 Å². The number of ether oxygens (including phenoxy) is 1. The number of para-hydroxylation sites is 1. The van der Waals surface area contributed by atoms with Crippen LogP contribution in [-0.4, -0.2) is 16.2 Å². The highest BCUT2D eigenvalue weighted by Crippen LogP contribution is 2.27. The monoisotopic (exact) mass is 324 g/mol. The van der Waals surface area contributed by atoms with Gasteiger partial charge in [-0.3, -0.25) is 0 Å². The van der Waals surface area contributed by atoms with E-state index in [0.29, 0.717) is 17.9 Å². The number of benzene rings is 1. The van der Waals surface area contributed by atoms with Crippen molar-refractivity contribution in [3.8, 4) is 5.75 Å². The summed E-state index contributed by atoms with van der Waals surface area (Å²) in [7, 11) is 0. The molecule has 3 rings (SSSR count). The van der Waals surface area contributed by atoms with E-state index < -0.39 is 0 Å². The van der Waals surface area contributed by atoms with Crippen LogP contribution < -0.4 is 4.74 Å². The minimum atomic E-state index is 0.630. The van der Waals surface area contributed by atoms with Crippen molar-refractivity contribution < 1.29 is 4.74 Å². The standard InChI is InChI=1S/C14H13ClN2OS2/c1-2-18-11-5-3-4-10-13(11)16-14(19)17(10)8-9-6-7-12(15)20-9/h3-7H,2,8H2,1H3,(H,16,19). The Labute approximate surface area is 130 Å². The Morgan fingerprint density at radius 1 is 1.35 bits per heavy atom. The van der Waals surface area contributed by atoms with Crippen molar-refractivity contribution in [2.24, 2.45) is 0 Å². The van der Waals surface area contributed by atoms with Gasteiger partial charge in [-0.1, -0.05) is 17.7 Å². The predicted octanol–water partition coefficient (Wildman–Crippen LogP) is 4.86. The van der Waals surface area contributed by atoms with Gasteiger partial charge in [0.25, 0.3) is 0 Å². The second kappa shape index (κ2) is 5.60. The molecule has 3 aromatic rings. The highest BCUT2D eigenvalue weighted by molar-refractivity contribution is 7.71. The van der Waals surface area contributed by atoms with E-state index in [1.807, 2.05) is 37.3 Å². The van der Waals surface area contributed by atoms with Crippen molar-refractivity contribution in [1.82, 2.24) is 9.55 Å². The van der Waals surface area contributed by atoms with Gasteiger partial charge in [0, 0.05) is 4.88 Å². The average molecular weight is 325 g/mol. The number of imidazole rings is 1. The molecule has 0 atom stereocenters. The molecule has 0 unspecified atom stereocenters. The molecule has 0 bridgehead atoms. The maximum Gasteiger partial charge on any atom is 0.178 e. The Morgan fingerprint density at radius 3 is 2.90 bits per heavy atom. The van der Waals surface area contributed by atoms with Gasteiger partial charge in [-0.25, -0.2) is 0 Å². The first-order chi connectivity index (χ1) is 9.69.